The maximum atomic E-state index is 11.4. The van der Waals surface area contributed by atoms with Crippen LogP contribution < -0.4 is 5.32 Å². The molecular formula is C13H14ClNO. The van der Waals surface area contributed by atoms with Crippen molar-refractivity contribution < 1.29 is 4.79 Å². The first-order chi connectivity index (χ1) is 7.74. The number of hydrogen-bond donors (Lipinski definition) is 1. The molecule has 1 aromatic rings. The molecule has 1 aliphatic rings. The number of hydrogen-bond acceptors (Lipinski definition) is 1. The fourth-order valence-corrected chi connectivity index (χ4v) is 1.50. The van der Waals surface area contributed by atoms with Crippen LogP contribution in [0.25, 0.3) is 6.08 Å². The quantitative estimate of drug-likeness (QED) is 0.799. The van der Waals surface area contributed by atoms with Gasteiger partial charge in [0.1, 0.15) is 0 Å². The van der Waals surface area contributed by atoms with Gasteiger partial charge in [-0.05, 0) is 42.5 Å². The van der Waals surface area contributed by atoms with Gasteiger partial charge in [0.05, 0.1) is 0 Å². The zero-order chi connectivity index (χ0) is 11.4. The van der Waals surface area contributed by atoms with Crippen molar-refractivity contribution in [1.29, 1.82) is 0 Å². The largest absolute Gasteiger partial charge is 0.352 e. The fraction of sp³-hybridized carbons (Fsp3) is 0.308. The molecule has 0 aliphatic heterocycles. The van der Waals surface area contributed by atoms with Gasteiger partial charge < -0.3 is 5.32 Å². The van der Waals surface area contributed by atoms with E-state index >= 15 is 0 Å². The molecule has 0 atom stereocenters. The van der Waals surface area contributed by atoms with Gasteiger partial charge in [0.2, 0.25) is 5.91 Å². The molecule has 0 bridgehead atoms. The molecule has 1 N–H and O–H groups in total. The Morgan fingerprint density at radius 1 is 1.38 bits per heavy atom. The molecule has 2 rings (SSSR count). The Morgan fingerprint density at radius 2 is 2.06 bits per heavy atom. The first-order valence-electron chi connectivity index (χ1n) is 5.45. The second-order valence-electron chi connectivity index (χ2n) is 4.07. The van der Waals surface area contributed by atoms with Gasteiger partial charge in [-0.15, -0.1) is 0 Å². The second-order valence-corrected chi connectivity index (χ2v) is 4.51. The molecule has 0 spiro atoms. The van der Waals surface area contributed by atoms with Crippen LogP contribution in [0.15, 0.2) is 30.3 Å². The van der Waals surface area contributed by atoms with E-state index in [1.807, 2.05) is 24.3 Å². The molecule has 0 unspecified atom stereocenters. The van der Waals surface area contributed by atoms with Crippen LogP contribution in [-0.4, -0.2) is 12.5 Å². The van der Waals surface area contributed by atoms with Gasteiger partial charge in [0.25, 0.3) is 0 Å². The number of rotatable bonds is 4. The second kappa shape index (κ2) is 5.17. The molecule has 0 saturated heterocycles. The minimum absolute atomic E-state index is 0.0261. The Labute approximate surface area is 100 Å². The number of nitrogens with one attached hydrogen (secondary N) is 1. The third-order valence-corrected chi connectivity index (χ3v) is 2.81. The van der Waals surface area contributed by atoms with E-state index in [1.165, 1.54) is 12.8 Å². The maximum absolute atomic E-state index is 11.4. The van der Waals surface area contributed by atoms with Crippen molar-refractivity contribution in [2.24, 2.45) is 5.92 Å². The molecule has 0 radical (unpaired) electrons. The van der Waals surface area contributed by atoms with Crippen molar-refractivity contribution >= 4 is 23.6 Å². The van der Waals surface area contributed by atoms with Gasteiger partial charge in [0.15, 0.2) is 0 Å². The van der Waals surface area contributed by atoms with E-state index in [2.05, 4.69) is 5.32 Å². The Bertz CT molecular complexity index is 393. The van der Waals surface area contributed by atoms with E-state index < -0.39 is 0 Å². The van der Waals surface area contributed by atoms with E-state index in [0.29, 0.717) is 10.9 Å². The molecule has 3 heteroatoms. The summed E-state index contributed by atoms with van der Waals surface area (Å²) in [6.45, 7) is 0.809. The van der Waals surface area contributed by atoms with Crippen molar-refractivity contribution in [3.8, 4) is 0 Å². The molecule has 0 aromatic heterocycles. The third-order valence-electron chi connectivity index (χ3n) is 2.56. The summed E-state index contributed by atoms with van der Waals surface area (Å²) in [6, 6.07) is 7.38. The van der Waals surface area contributed by atoms with E-state index in [4.69, 9.17) is 11.6 Å². The molecule has 16 heavy (non-hydrogen) atoms. The van der Waals surface area contributed by atoms with Crippen LogP contribution in [0.3, 0.4) is 0 Å². The highest BCUT2D eigenvalue weighted by Gasteiger charge is 2.20. The van der Waals surface area contributed by atoms with Gasteiger partial charge in [-0.25, -0.2) is 0 Å². The highest BCUT2D eigenvalue weighted by molar-refractivity contribution is 6.30. The van der Waals surface area contributed by atoms with E-state index in [9.17, 15) is 4.79 Å². The maximum Gasteiger partial charge on any atom is 0.244 e. The van der Waals surface area contributed by atoms with Gasteiger partial charge in [-0.3, -0.25) is 4.79 Å². The van der Waals surface area contributed by atoms with Crippen LogP contribution in [0.4, 0.5) is 0 Å². The normalized spacial score (nSPS) is 15.3. The Kier molecular flexibility index (Phi) is 3.62. The molecule has 1 aliphatic carbocycles. The highest BCUT2D eigenvalue weighted by atomic mass is 35.5. The Morgan fingerprint density at radius 3 is 2.69 bits per heavy atom. The Balaban J connectivity index is 1.82. The summed E-state index contributed by atoms with van der Waals surface area (Å²) in [5, 5.41) is 3.58. The molecule has 1 aromatic carbocycles. The number of benzene rings is 1. The molecular weight excluding hydrogens is 222 g/mol. The number of halogens is 1. The number of carbonyl (C=O) groups is 1. The number of amides is 1. The summed E-state index contributed by atoms with van der Waals surface area (Å²) in [7, 11) is 0. The summed E-state index contributed by atoms with van der Waals surface area (Å²) in [4.78, 5) is 11.4. The smallest absolute Gasteiger partial charge is 0.244 e. The van der Waals surface area contributed by atoms with Crippen LogP contribution in [0.5, 0.6) is 0 Å². The minimum Gasteiger partial charge on any atom is -0.352 e. The lowest BCUT2D eigenvalue weighted by Gasteiger charge is -1.98. The van der Waals surface area contributed by atoms with Crippen LogP contribution in [0.2, 0.25) is 5.02 Å². The SMILES string of the molecule is O=C(/C=C/c1ccc(Cl)cc1)NCC1CC1. The monoisotopic (exact) mass is 235 g/mol. The van der Waals surface area contributed by atoms with Gasteiger partial charge in [-0.2, -0.15) is 0 Å². The lowest BCUT2D eigenvalue weighted by atomic mass is 10.2. The van der Waals surface area contributed by atoms with E-state index in [0.717, 1.165) is 12.1 Å². The Hall–Kier alpha value is -1.28. The minimum atomic E-state index is -0.0261. The molecule has 0 heterocycles. The molecule has 1 fully saturated rings. The summed E-state index contributed by atoms with van der Waals surface area (Å²) in [5.74, 6) is 0.690. The fourth-order valence-electron chi connectivity index (χ4n) is 1.37. The van der Waals surface area contributed by atoms with E-state index in [1.54, 1.807) is 12.2 Å². The van der Waals surface area contributed by atoms with Gasteiger partial charge >= 0.3 is 0 Å². The van der Waals surface area contributed by atoms with Crippen molar-refractivity contribution in [3.05, 3.63) is 40.9 Å². The molecule has 1 saturated carbocycles. The predicted octanol–water partition coefficient (Wildman–Crippen LogP) is 2.88. The zero-order valence-corrected chi connectivity index (χ0v) is 9.70. The molecule has 84 valence electrons. The standard InChI is InChI=1S/C13H14ClNO/c14-12-6-3-10(4-7-12)5-8-13(16)15-9-11-1-2-11/h3-8,11H,1-2,9H2,(H,15,16)/b8-5+. The third kappa shape index (κ3) is 3.70. The molecule has 1 amide bonds. The van der Waals surface area contributed by atoms with Crippen LogP contribution in [0, 0.1) is 5.92 Å². The summed E-state index contributed by atoms with van der Waals surface area (Å²) >= 11 is 5.76. The van der Waals surface area contributed by atoms with Crippen molar-refractivity contribution in [3.63, 3.8) is 0 Å². The zero-order valence-electron chi connectivity index (χ0n) is 8.95. The van der Waals surface area contributed by atoms with Crippen LogP contribution in [-0.2, 0) is 4.79 Å². The summed E-state index contributed by atoms with van der Waals surface area (Å²) in [5.41, 5.74) is 0.978. The van der Waals surface area contributed by atoms with Crippen molar-refractivity contribution in [2.45, 2.75) is 12.8 Å². The lowest BCUT2D eigenvalue weighted by molar-refractivity contribution is -0.116. The first kappa shape index (κ1) is 11.2. The van der Waals surface area contributed by atoms with Gasteiger partial charge in [0, 0.05) is 17.6 Å². The topological polar surface area (TPSA) is 29.1 Å². The van der Waals surface area contributed by atoms with Crippen LogP contribution in [0.1, 0.15) is 18.4 Å². The van der Waals surface area contributed by atoms with Gasteiger partial charge in [-0.1, -0.05) is 23.7 Å². The van der Waals surface area contributed by atoms with Crippen molar-refractivity contribution in [1.82, 2.24) is 5.32 Å². The van der Waals surface area contributed by atoms with E-state index in [-0.39, 0.29) is 5.91 Å². The molecule has 2 nitrogen and oxygen atoms in total. The number of carbonyl (C=O) groups excluding carboxylic acids is 1. The summed E-state index contributed by atoms with van der Waals surface area (Å²) in [6.07, 6.45) is 5.85. The first-order valence-corrected chi connectivity index (χ1v) is 5.83. The summed E-state index contributed by atoms with van der Waals surface area (Å²) < 4.78 is 0. The predicted molar refractivity (Wildman–Crippen MR) is 66.2 cm³/mol. The average molecular weight is 236 g/mol. The average Bonchev–Trinajstić information content (AvgIpc) is 3.09. The highest BCUT2D eigenvalue weighted by Crippen LogP contribution is 2.27. The van der Waals surface area contributed by atoms with Crippen molar-refractivity contribution in [2.75, 3.05) is 6.54 Å². The van der Waals surface area contributed by atoms with Crippen LogP contribution >= 0.6 is 11.6 Å². The lowest BCUT2D eigenvalue weighted by Crippen LogP contribution is -2.23.